The normalized spacial score (nSPS) is 16.7. The van der Waals surface area contributed by atoms with Crippen LogP contribution in [0.2, 0.25) is 0 Å². The third kappa shape index (κ3) is 3.75. The fourth-order valence-corrected chi connectivity index (χ4v) is 3.55. The summed E-state index contributed by atoms with van der Waals surface area (Å²) in [6.45, 7) is 3.54. The van der Waals surface area contributed by atoms with Crippen molar-refractivity contribution < 1.29 is 9.21 Å². The summed E-state index contributed by atoms with van der Waals surface area (Å²) in [6.07, 6.45) is 3.70. The van der Waals surface area contributed by atoms with Crippen LogP contribution in [0, 0.1) is 6.92 Å². The van der Waals surface area contributed by atoms with Gasteiger partial charge in [0.25, 0.3) is 5.91 Å². The number of nitrogens with one attached hydrogen (secondary N) is 3. The highest BCUT2D eigenvalue weighted by Gasteiger charge is 2.22. The summed E-state index contributed by atoms with van der Waals surface area (Å²) < 4.78 is 5.49. The van der Waals surface area contributed by atoms with Gasteiger partial charge in [-0.2, -0.15) is 5.10 Å². The van der Waals surface area contributed by atoms with Crippen molar-refractivity contribution in [2.24, 2.45) is 0 Å². The third-order valence-corrected chi connectivity index (χ3v) is 5.05. The molecule has 0 saturated carbocycles. The zero-order valence-electron chi connectivity index (χ0n) is 15.6. The van der Waals surface area contributed by atoms with Gasteiger partial charge in [-0.15, -0.1) is 0 Å². The summed E-state index contributed by atoms with van der Waals surface area (Å²) in [5, 5.41) is 12.9. The van der Waals surface area contributed by atoms with Crippen molar-refractivity contribution in [1.82, 2.24) is 15.5 Å². The molecule has 144 valence electrons. The Balaban J connectivity index is 1.52. The lowest BCUT2D eigenvalue weighted by atomic mass is 9.95. The van der Waals surface area contributed by atoms with Crippen LogP contribution in [-0.2, 0) is 0 Å². The van der Waals surface area contributed by atoms with Gasteiger partial charge in [0.1, 0.15) is 11.3 Å². The van der Waals surface area contributed by atoms with E-state index < -0.39 is 11.5 Å². The maximum atomic E-state index is 12.7. The van der Waals surface area contributed by atoms with Crippen LogP contribution in [0.1, 0.15) is 40.4 Å². The van der Waals surface area contributed by atoms with Crippen LogP contribution < -0.4 is 16.3 Å². The number of benzene rings is 1. The lowest BCUT2D eigenvalue weighted by Crippen LogP contribution is -2.30. The van der Waals surface area contributed by atoms with Gasteiger partial charge < -0.3 is 15.1 Å². The first-order valence-corrected chi connectivity index (χ1v) is 9.38. The van der Waals surface area contributed by atoms with Gasteiger partial charge in [-0.05, 0) is 61.7 Å². The van der Waals surface area contributed by atoms with E-state index in [2.05, 4.69) is 20.8 Å². The van der Waals surface area contributed by atoms with Gasteiger partial charge in [-0.1, -0.05) is 12.1 Å². The number of carbonyl (C=O) groups excluding carboxylic acids is 1. The Hall–Kier alpha value is -3.19. The number of aryl methyl sites for hydroxylation is 1. The molecule has 7 heteroatoms. The molecule has 1 aliphatic heterocycles. The number of H-pyrrole nitrogens is 1. The van der Waals surface area contributed by atoms with E-state index in [-0.39, 0.29) is 11.5 Å². The fourth-order valence-electron chi connectivity index (χ4n) is 3.55. The molecule has 0 radical (unpaired) electrons. The smallest absolute Gasteiger partial charge is 0.349 e. The van der Waals surface area contributed by atoms with E-state index in [9.17, 15) is 9.59 Å². The molecule has 1 amide bonds. The number of nitrogens with zero attached hydrogens (tertiary/aromatic N) is 1. The molecule has 1 saturated heterocycles. The molecule has 0 aliphatic carbocycles. The molecule has 28 heavy (non-hydrogen) atoms. The van der Waals surface area contributed by atoms with Gasteiger partial charge in [-0.25, -0.2) is 4.79 Å². The Kier molecular flexibility index (Phi) is 5.08. The molecule has 1 unspecified atom stereocenters. The number of hydrogen-bond acceptors (Lipinski definition) is 5. The minimum absolute atomic E-state index is 0.0464. The van der Waals surface area contributed by atoms with E-state index in [1.807, 2.05) is 24.3 Å². The van der Waals surface area contributed by atoms with E-state index in [4.69, 9.17) is 4.42 Å². The van der Waals surface area contributed by atoms with Crippen molar-refractivity contribution in [1.29, 1.82) is 0 Å². The number of aromatic amines is 1. The Bertz CT molecular complexity index is 1020. The van der Waals surface area contributed by atoms with Crippen LogP contribution in [0.3, 0.4) is 0 Å². The fraction of sp³-hybridized carbons (Fsp3) is 0.286. The number of aromatic nitrogens is 2. The third-order valence-electron chi connectivity index (χ3n) is 5.05. The van der Waals surface area contributed by atoms with E-state index in [1.165, 1.54) is 0 Å². The number of amides is 1. The standard InChI is InChI=1S/C21H22N4O3/c1-13-11-18(15-3-2-9-22-12-15)28-21(27)19(13)20(26)24-16-6-4-14(5-7-16)17-8-10-23-25-17/h4-8,10-11,15,22H,2-3,9,12H2,1H3,(H,23,25)(H,24,26). The molecule has 1 fully saturated rings. The van der Waals surface area contributed by atoms with Crippen LogP contribution >= 0.6 is 0 Å². The predicted molar refractivity (Wildman–Crippen MR) is 107 cm³/mol. The van der Waals surface area contributed by atoms with Crippen molar-refractivity contribution in [2.75, 3.05) is 18.4 Å². The van der Waals surface area contributed by atoms with E-state index in [1.54, 1.807) is 25.3 Å². The lowest BCUT2D eigenvalue weighted by molar-refractivity contribution is 0.102. The quantitative estimate of drug-likeness (QED) is 0.648. The molecule has 3 N–H and O–H groups in total. The van der Waals surface area contributed by atoms with Crippen LogP contribution in [0.25, 0.3) is 11.3 Å². The maximum absolute atomic E-state index is 12.7. The number of hydrogen-bond donors (Lipinski definition) is 3. The summed E-state index contributed by atoms with van der Waals surface area (Å²) in [7, 11) is 0. The lowest BCUT2D eigenvalue weighted by Gasteiger charge is -2.22. The van der Waals surface area contributed by atoms with Crippen LogP contribution in [0.4, 0.5) is 5.69 Å². The Labute approximate surface area is 162 Å². The molecule has 1 aliphatic rings. The highest BCUT2D eigenvalue weighted by atomic mass is 16.4. The molecule has 0 spiro atoms. The first-order chi connectivity index (χ1) is 13.6. The van der Waals surface area contributed by atoms with Crippen LogP contribution in [0.5, 0.6) is 0 Å². The number of rotatable bonds is 4. The van der Waals surface area contributed by atoms with Crippen molar-refractivity contribution >= 4 is 11.6 Å². The average Bonchev–Trinajstić information content (AvgIpc) is 3.23. The largest absolute Gasteiger partial charge is 0.427 e. The first-order valence-electron chi connectivity index (χ1n) is 9.38. The monoisotopic (exact) mass is 378 g/mol. The molecule has 4 rings (SSSR count). The summed E-state index contributed by atoms with van der Waals surface area (Å²) >= 11 is 0. The summed E-state index contributed by atoms with van der Waals surface area (Å²) in [6, 6.07) is 11.0. The van der Waals surface area contributed by atoms with Gasteiger partial charge in [0.05, 0.1) is 5.69 Å². The minimum Gasteiger partial charge on any atom is -0.427 e. The van der Waals surface area contributed by atoms with Gasteiger partial charge >= 0.3 is 5.63 Å². The molecule has 3 heterocycles. The van der Waals surface area contributed by atoms with Gasteiger partial charge in [-0.3, -0.25) is 9.89 Å². The zero-order valence-corrected chi connectivity index (χ0v) is 15.6. The zero-order chi connectivity index (χ0) is 19.5. The van der Waals surface area contributed by atoms with E-state index in [0.717, 1.165) is 37.2 Å². The average molecular weight is 378 g/mol. The molecule has 0 bridgehead atoms. The van der Waals surface area contributed by atoms with E-state index >= 15 is 0 Å². The van der Waals surface area contributed by atoms with Crippen LogP contribution in [-0.4, -0.2) is 29.2 Å². The van der Waals surface area contributed by atoms with Gasteiger partial charge in [0.2, 0.25) is 0 Å². The summed E-state index contributed by atoms with van der Waals surface area (Å²) in [5.74, 6) is 0.358. The molecule has 2 aromatic heterocycles. The van der Waals surface area contributed by atoms with E-state index in [0.29, 0.717) is 17.0 Å². The number of piperidine rings is 1. The minimum atomic E-state index is -0.591. The second-order valence-electron chi connectivity index (χ2n) is 7.04. The van der Waals surface area contributed by atoms with Gasteiger partial charge in [0, 0.05) is 24.3 Å². The topological polar surface area (TPSA) is 100 Å². The Morgan fingerprint density at radius 2 is 2.07 bits per heavy atom. The van der Waals surface area contributed by atoms with Crippen molar-refractivity contribution in [3.8, 4) is 11.3 Å². The summed E-state index contributed by atoms with van der Waals surface area (Å²) in [5.41, 5.74) is 2.53. The van der Waals surface area contributed by atoms with Crippen LogP contribution in [0.15, 0.2) is 51.8 Å². The maximum Gasteiger partial charge on any atom is 0.349 e. The van der Waals surface area contributed by atoms with Crippen molar-refractivity contribution in [2.45, 2.75) is 25.7 Å². The second-order valence-corrected chi connectivity index (χ2v) is 7.04. The Morgan fingerprint density at radius 3 is 2.71 bits per heavy atom. The predicted octanol–water partition coefficient (Wildman–Crippen LogP) is 3.06. The number of carbonyl (C=O) groups is 1. The summed E-state index contributed by atoms with van der Waals surface area (Å²) in [4.78, 5) is 25.1. The molecular formula is C21H22N4O3. The Morgan fingerprint density at radius 1 is 1.25 bits per heavy atom. The first kappa shape index (κ1) is 18.2. The van der Waals surface area contributed by atoms with Crippen molar-refractivity contribution in [3.05, 3.63) is 69.9 Å². The molecular weight excluding hydrogens is 356 g/mol. The highest BCUT2D eigenvalue weighted by molar-refractivity contribution is 6.05. The second kappa shape index (κ2) is 7.82. The molecule has 3 aromatic rings. The number of anilines is 1. The molecule has 1 aromatic carbocycles. The van der Waals surface area contributed by atoms with Gasteiger partial charge in [0.15, 0.2) is 0 Å². The molecule has 1 atom stereocenters. The van der Waals surface area contributed by atoms with Crippen molar-refractivity contribution in [3.63, 3.8) is 0 Å². The SMILES string of the molecule is Cc1cc(C2CCCNC2)oc(=O)c1C(=O)Nc1ccc(-c2ccn[nH]2)cc1. The highest BCUT2D eigenvalue weighted by Crippen LogP contribution is 2.24. The molecule has 7 nitrogen and oxygen atoms in total.